The summed E-state index contributed by atoms with van der Waals surface area (Å²) in [6.07, 6.45) is 1.63. The van der Waals surface area contributed by atoms with Crippen LogP contribution in [0.15, 0.2) is 18.2 Å². The zero-order valence-corrected chi connectivity index (χ0v) is 9.92. The fourth-order valence-corrected chi connectivity index (χ4v) is 2.04. The van der Waals surface area contributed by atoms with Gasteiger partial charge in [0.25, 0.3) is 5.69 Å². The first-order valence-electron chi connectivity index (χ1n) is 5.69. The minimum Gasteiger partial charge on any atom is -0.480 e. The monoisotopic (exact) mass is 261 g/mol. The molecule has 1 fully saturated rings. The van der Waals surface area contributed by atoms with Crippen molar-refractivity contribution in [1.29, 1.82) is 5.26 Å². The predicted molar refractivity (Wildman–Crippen MR) is 65.7 cm³/mol. The van der Waals surface area contributed by atoms with E-state index in [1.807, 2.05) is 6.07 Å². The number of aliphatic carboxylic acids is 1. The molecule has 0 saturated heterocycles. The molecule has 2 N–H and O–H groups in total. The zero-order chi connectivity index (χ0) is 14.0. The van der Waals surface area contributed by atoms with Crippen LogP contribution in [0.2, 0.25) is 0 Å². The minimum atomic E-state index is -1.13. The third-order valence-electron chi connectivity index (χ3n) is 3.31. The molecule has 0 aliphatic heterocycles. The number of hydrogen-bond donors (Lipinski definition) is 2. The molecule has 1 aliphatic carbocycles. The molecule has 0 amide bonds. The lowest BCUT2D eigenvalue weighted by molar-refractivity contribution is -0.384. The van der Waals surface area contributed by atoms with E-state index in [0.29, 0.717) is 12.8 Å². The summed E-state index contributed by atoms with van der Waals surface area (Å²) in [5.41, 5.74) is -1.12. The number of nitriles is 1. The summed E-state index contributed by atoms with van der Waals surface area (Å²) < 4.78 is 0. The fourth-order valence-electron chi connectivity index (χ4n) is 2.04. The van der Waals surface area contributed by atoms with Gasteiger partial charge in [0.15, 0.2) is 0 Å². The number of nitrogens with one attached hydrogen (secondary N) is 1. The van der Waals surface area contributed by atoms with Gasteiger partial charge in [0.05, 0.1) is 16.6 Å². The zero-order valence-electron chi connectivity index (χ0n) is 9.92. The minimum absolute atomic E-state index is 0.131. The molecule has 2 rings (SSSR count). The van der Waals surface area contributed by atoms with Gasteiger partial charge in [0.1, 0.15) is 11.2 Å². The van der Waals surface area contributed by atoms with Crippen LogP contribution in [-0.2, 0) is 4.79 Å². The number of benzene rings is 1. The second-order valence-electron chi connectivity index (χ2n) is 4.47. The summed E-state index contributed by atoms with van der Waals surface area (Å²) in [4.78, 5) is 21.6. The van der Waals surface area contributed by atoms with E-state index in [0.717, 1.165) is 12.5 Å². The smallest absolute Gasteiger partial charge is 0.329 e. The van der Waals surface area contributed by atoms with Crippen LogP contribution in [0.5, 0.6) is 0 Å². The summed E-state index contributed by atoms with van der Waals surface area (Å²) in [6, 6.07) is 5.74. The molecule has 0 bridgehead atoms. The quantitative estimate of drug-likeness (QED) is 0.631. The van der Waals surface area contributed by atoms with Crippen molar-refractivity contribution in [3.63, 3.8) is 0 Å². The van der Waals surface area contributed by atoms with Gasteiger partial charge in [-0.15, -0.1) is 0 Å². The molecule has 0 unspecified atom stereocenters. The van der Waals surface area contributed by atoms with Crippen LogP contribution in [0, 0.1) is 21.4 Å². The number of carboxylic acid groups (broad SMARTS) is 1. The molecule has 7 nitrogen and oxygen atoms in total. The fraction of sp³-hybridized carbons (Fsp3) is 0.333. The Balaban J connectivity index is 2.37. The summed E-state index contributed by atoms with van der Waals surface area (Å²) in [5, 5.41) is 31.6. The molecule has 0 spiro atoms. The van der Waals surface area contributed by atoms with Gasteiger partial charge >= 0.3 is 5.97 Å². The molecule has 1 aromatic carbocycles. The molecule has 1 saturated carbocycles. The molecule has 7 heteroatoms. The van der Waals surface area contributed by atoms with Crippen LogP contribution in [0.25, 0.3) is 0 Å². The highest BCUT2D eigenvalue weighted by Gasteiger charge is 2.45. The van der Waals surface area contributed by atoms with Crippen LogP contribution in [0.4, 0.5) is 11.4 Å². The van der Waals surface area contributed by atoms with E-state index in [2.05, 4.69) is 5.32 Å². The van der Waals surface area contributed by atoms with E-state index in [1.165, 1.54) is 12.1 Å². The van der Waals surface area contributed by atoms with E-state index in [1.54, 1.807) is 0 Å². The van der Waals surface area contributed by atoms with Crippen LogP contribution in [0.3, 0.4) is 0 Å². The van der Waals surface area contributed by atoms with Gasteiger partial charge < -0.3 is 10.4 Å². The van der Waals surface area contributed by atoms with Crippen LogP contribution in [0.1, 0.15) is 24.8 Å². The first-order chi connectivity index (χ1) is 8.98. The maximum absolute atomic E-state index is 11.2. The Bertz CT molecular complexity index is 587. The number of anilines is 1. The standard InChI is InChI=1S/C12H11N3O4/c13-7-8-2-3-9(10(6-8)15(18)19)14-12(11(16)17)4-1-5-12/h2-3,6,14H,1,4-5H2,(H,16,17). The largest absolute Gasteiger partial charge is 0.480 e. The van der Waals surface area contributed by atoms with Crippen molar-refractivity contribution in [2.75, 3.05) is 5.32 Å². The number of nitro groups is 1. The Kier molecular flexibility index (Phi) is 3.09. The van der Waals surface area contributed by atoms with Crippen molar-refractivity contribution < 1.29 is 14.8 Å². The SMILES string of the molecule is N#Cc1ccc(NC2(C(=O)O)CCC2)c([N+](=O)[O-])c1. The highest BCUT2D eigenvalue weighted by Crippen LogP contribution is 2.38. The maximum Gasteiger partial charge on any atom is 0.329 e. The number of carboxylic acids is 1. The van der Waals surface area contributed by atoms with E-state index in [9.17, 15) is 20.0 Å². The van der Waals surface area contributed by atoms with Crippen molar-refractivity contribution >= 4 is 17.3 Å². The highest BCUT2D eigenvalue weighted by molar-refractivity contribution is 5.85. The normalized spacial score (nSPS) is 15.9. The number of hydrogen-bond acceptors (Lipinski definition) is 5. The number of nitro benzene ring substituents is 1. The topological polar surface area (TPSA) is 116 Å². The first-order valence-corrected chi connectivity index (χ1v) is 5.69. The Hall–Kier alpha value is -2.62. The van der Waals surface area contributed by atoms with Gasteiger partial charge in [0.2, 0.25) is 0 Å². The molecular weight excluding hydrogens is 250 g/mol. The van der Waals surface area contributed by atoms with Gasteiger partial charge in [-0.2, -0.15) is 5.26 Å². The Morgan fingerprint density at radius 2 is 2.21 bits per heavy atom. The molecule has 0 heterocycles. The Morgan fingerprint density at radius 1 is 1.53 bits per heavy atom. The Morgan fingerprint density at radius 3 is 2.63 bits per heavy atom. The summed E-state index contributed by atoms with van der Waals surface area (Å²) in [7, 11) is 0. The molecule has 1 aromatic rings. The second kappa shape index (κ2) is 4.57. The summed E-state index contributed by atoms with van der Waals surface area (Å²) in [5.74, 6) is -1.02. The van der Waals surface area contributed by atoms with Gasteiger partial charge in [-0.3, -0.25) is 10.1 Å². The molecular formula is C12H11N3O4. The summed E-state index contributed by atoms with van der Waals surface area (Å²) >= 11 is 0. The van der Waals surface area contributed by atoms with Crippen molar-refractivity contribution in [1.82, 2.24) is 0 Å². The number of carbonyl (C=O) groups is 1. The van der Waals surface area contributed by atoms with E-state index < -0.39 is 16.4 Å². The lowest BCUT2D eigenvalue weighted by Gasteiger charge is -2.38. The lowest BCUT2D eigenvalue weighted by atomic mass is 9.76. The van der Waals surface area contributed by atoms with Crippen LogP contribution >= 0.6 is 0 Å². The Labute approximate surface area is 108 Å². The maximum atomic E-state index is 11.2. The van der Waals surface area contributed by atoms with Gasteiger partial charge in [-0.1, -0.05) is 0 Å². The van der Waals surface area contributed by atoms with Crippen molar-refractivity contribution in [3.8, 4) is 6.07 Å². The van der Waals surface area contributed by atoms with Gasteiger partial charge in [0, 0.05) is 6.07 Å². The van der Waals surface area contributed by atoms with Crippen LogP contribution < -0.4 is 5.32 Å². The predicted octanol–water partition coefficient (Wildman–Crippen LogP) is 1.89. The van der Waals surface area contributed by atoms with Crippen molar-refractivity contribution in [3.05, 3.63) is 33.9 Å². The van der Waals surface area contributed by atoms with Gasteiger partial charge in [-0.05, 0) is 31.4 Å². The number of rotatable bonds is 4. The average Bonchev–Trinajstić information content (AvgIpc) is 2.33. The van der Waals surface area contributed by atoms with E-state index >= 15 is 0 Å². The van der Waals surface area contributed by atoms with Gasteiger partial charge in [-0.25, -0.2) is 4.79 Å². The highest BCUT2D eigenvalue weighted by atomic mass is 16.6. The van der Waals surface area contributed by atoms with Crippen LogP contribution in [-0.4, -0.2) is 21.5 Å². The lowest BCUT2D eigenvalue weighted by Crippen LogP contribution is -2.52. The van der Waals surface area contributed by atoms with Crippen molar-refractivity contribution in [2.24, 2.45) is 0 Å². The third kappa shape index (κ3) is 2.20. The summed E-state index contributed by atoms with van der Waals surface area (Å²) in [6.45, 7) is 0. The molecule has 0 radical (unpaired) electrons. The number of nitrogens with zero attached hydrogens (tertiary/aromatic N) is 2. The molecule has 0 atom stereocenters. The van der Waals surface area contributed by atoms with E-state index in [4.69, 9.17) is 5.26 Å². The molecule has 19 heavy (non-hydrogen) atoms. The van der Waals surface area contributed by atoms with Crippen molar-refractivity contribution in [2.45, 2.75) is 24.8 Å². The molecule has 98 valence electrons. The second-order valence-corrected chi connectivity index (χ2v) is 4.47. The average molecular weight is 261 g/mol. The third-order valence-corrected chi connectivity index (χ3v) is 3.31. The first kappa shape index (κ1) is 12.8. The molecule has 1 aliphatic rings. The molecule has 0 aromatic heterocycles. The van der Waals surface area contributed by atoms with E-state index in [-0.39, 0.29) is 16.9 Å².